The Morgan fingerprint density at radius 3 is 3.00 bits per heavy atom. The topological polar surface area (TPSA) is 29.5 Å². The number of aromatic hydroxyl groups is 1. The minimum Gasteiger partial charge on any atom is -0.508 e. The Morgan fingerprint density at radius 1 is 1.12 bits per heavy atom. The molecule has 1 heterocycles. The Kier molecular flexibility index (Phi) is 2.29. The highest BCUT2D eigenvalue weighted by Crippen LogP contribution is 2.32. The number of phenols is 1. The predicted molar refractivity (Wildman–Crippen MR) is 63.6 cm³/mol. The summed E-state index contributed by atoms with van der Waals surface area (Å²) in [7, 11) is 0. The predicted octanol–water partition coefficient (Wildman–Crippen LogP) is 3.01. The lowest BCUT2D eigenvalue weighted by molar-refractivity contribution is 0.116. The Labute approximate surface area is 94.5 Å². The van der Waals surface area contributed by atoms with E-state index in [1.54, 1.807) is 6.07 Å². The lowest BCUT2D eigenvalue weighted by Gasteiger charge is -2.16. The lowest BCUT2D eigenvalue weighted by atomic mass is 9.95. The van der Waals surface area contributed by atoms with Gasteiger partial charge in [-0.15, -0.1) is 0 Å². The monoisotopic (exact) mass is 214 g/mol. The van der Waals surface area contributed by atoms with E-state index in [9.17, 15) is 5.11 Å². The van der Waals surface area contributed by atoms with Crippen LogP contribution in [0.4, 0.5) is 0 Å². The highest BCUT2D eigenvalue weighted by Gasteiger charge is 2.13. The number of aryl methyl sites for hydroxylation is 1. The molecule has 0 fully saturated rings. The van der Waals surface area contributed by atoms with Gasteiger partial charge in [-0.2, -0.15) is 0 Å². The van der Waals surface area contributed by atoms with Crippen LogP contribution < -0.4 is 0 Å². The first kappa shape index (κ1) is 9.67. The molecule has 3 rings (SSSR count). The third kappa shape index (κ3) is 1.46. The van der Waals surface area contributed by atoms with Gasteiger partial charge >= 0.3 is 0 Å². The molecule has 0 unspecified atom stereocenters. The van der Waals surface area contributed by atoms with Crippen LogP contribution in [-0.4, -0.2) is 11.7 Å². The van der Waals surface area contributed by atoms with Crippen LogP contribution in [-0.2, 0) is 17.8 Å². The lowest BCUT2D eigenvalue weighted by Crippen LogP contribution is -2.04. The molecule has 0 atom stereocenters. The summed E-state index contributed by atoms with van der Waals surface area (Å²) in [5.41, 5.74) is 2.26. The maximum atomic E-state index is 9.90. The zero-order valence-electron chi connectivity index (χ0n) is 9.07. The van der Waals surface area contributed by atoms with Gasteiger partial charge in [0.1, 0.15) is 5.75 Å². The fraction of sp³-hybridized carbons (Fsp3) is 0.286. The summed E-state index contributed by atoms with van der Waals surface area (Å²) < 4.78 is 5.54. The molecule has 0 saturated carbocycles. The Morgan fingerprint density at radius 2 is 2.06 bits per heavy atom. The average molecular weight is 214 g/mol. The molecular weight excluding hydrogens is 200 g/mol. The van der Waals surface area contributed by atoms with Crippen LogP contribution in [0.1, 0.15) is 17.5 Å². The molecule has 0 radical (unpaired) electrons. The third-order valence-electron chi connectivity index (χ3n) is 3.20. The third-order valence-corrected chi connectivity index (χ3v) is 3.20. The zero-order chi connectivity index (χ0) is 11.0. The number of benzene rings is 2. The SMILES string of the molecule is Oc1ccc2cccc3c2c1COCCC3. The van der Waals surface area contributed by atoms with E-state index in [0.29, 0.717) is 12.4 Å². The van der Waals surface area contributed by atoms with Gasteiger partial charge in [-0.1, -0.05) is 24.3 Å². The molecule has 1 N–H and O–H groups in total. The second kappa shape index (κ2) is 3.80. The van der Waals surface area contributed by atoms with E-state index < -0.39 is 0 Å². The minimum atomic E-state index is 0.349. The summed E-state index contributed by atoms with van der Waals surface area (Å²) in [5, 5.41) is 12.3. The molecule has 0 aliphatic carbocycles. The van der Waals surface area contributed by atoms with Crippen molar-refractivity contribution in [1.82, 2.24) is 0 Å². The number of hydrogen-bond acceptors (Lipinski definition) is 2. The standard InChI is InChI=1S/C14H14O2/c15-13-7-6-11-4-1-3-10-5-2-8-16-9-12(13)14(10)11/h1,3-4,6-7,15H,2,5,8-9H2. The molecule has 16 heavy (non-hydrogen) atoms. The molecule has 0 amide bonds. The van der Waals surface area contributed by atoms with Gasteiger partial charge in [0.05, 0.1) is 6.61 Å². The van der Waals surface area contributed by atoms with Crippen molar-refractivity contribution in [3.63, 3.8) is 0 Å². The second-order valence-corrected chi connectivity index (χ2v) is 4.23. The van der Waals surface area contributed by atoms with E-state index in [1.165, 1.54) is 16.3 Å². The molecular formula is C14H14O2. The largest absolute Gasteiger partial charge is 0.508 e. The quantitative estimate of drug-likeness (QED) is 0.730. The fourth-order valence-electron chi connectivity index (χ4n) is 2.42. The van der Waals surface area contributed by atoms with Crippen LogP contribution in [0.2, 0.25) is 0 Å². The molecule has 1 aliphatic rings. The summed E-state index contributed by atoms with van der Waals surface area (Å²) in [6.45, 7) is 1.28. The second-order valence-electron chi connectivity index (χ2n) is 4.23. The molecule has 0 aromatic heterocycles. The van der Waals surface area contributed by atoms with Crippen molar-refractivity contribution in [1.29, 1.82) is 0 Å². The van der Waals surface area contributed by atoms with Crippen LogP contribution >= 0.6 is 0 Å². The molecule has 0 spiro atoms. The molecule has 2 aromatic carbocycles. The number of phenolic OH excluding ortho intramolecular Hbond substituents is 1. The van der Waals surface area contributed by atoms with Crippen molar-refractivity contribution in [2.45, 2.75) is 19.4 Å². The van der Waals surface area contributed by atoms with Gasteiger partial charge in [0.2, 0.25) is 0 Å². The summed E-state index contributed by atoms with van der Waals surface area (Å²) in [6, 6.07) is 10.0. The molecule has 1 aliphatic heterocycles. The van der Waals surface area contributed by atoms with E-state index >= 15 is 0 Å². The zero-order valence-corrected chi connectivity index (χ0v) is 9.07. The van der Waals surface area contributed by atoms with Crippen LogP contribution in [0.25, 0.3) is 10.8 Å². The first-order valence-electron chi connectivity index (χ1n) is 5.66. The summed E-state index contributed by atoms with van der Waals surface area (Å²) in [4.78, 5) is 0. The summed E-state index contributed by atoms with van der Waals surface area (Å²) in [6.07, 6.45) is 2.07. The Hall–Kier alpha value is -1.54. The van der Waals surface area contributed by atoms with Crippen molar-refractivity contribution in [3.8, 4) is 5.75 Å². The van der Waals surface area contributed by atoms with Crippen molar-refractivity contribution in [2.24, 2.45) is 0 Å². The van der Waals surface area contributed by atoms with Gasteiger partial charge in [0.25, 0.3) is 0 Å². The first-order valence-corrected chi connectivity index (χ1v) is 5.66. The van der Waals surface area contributed by atoms with Crippen molar-refractivity contribution in [3.05, 3.63) is 41.5 Å². The Balaban J connectivity index is 2.36. The number of hydrogen-bond donors (Lipinski definition) is 1. The van der Waals surface area contributed by atoms with E-state index in [1.807, 2.05) is 6.07 Å². The fourth-order valence-corrected chi connectivity index (χ4v) is 2.42. The van der Waals surface area contributed by atoms with Gasteiger partial charge in [-0.25, -0.2) is 0 Å². The van der Waals surface area contributed by atoms with Crippen molar-refractivity contribution in [2.75, 3.05) is 6.61 Å². The molecule has 82 valence electrons. The molecule has 2 aromatic rings. The van der Waals surface area contributed by atoms with Crippen molar-refractivity contribution < 1.29 is 9.84 Å². The molecule has 2 heteroatoms. The maximum Gasteiger partial charge on any atom is 0.121 e. The van der Waals surface area contributed by atoms with Gasteiger partial charge in [-0.05, 0) is 35.2 Å². The highest BCUT2D eigenvalue weighted by atomic mass is 16.5. The minimum absolute atomic E-state index is 0.349. The molecule has 2 nitrogen and oxygen atoms in total. The van der Waals surface area contributed by atoms with Gasteiger partial charge < -0.3 is 9.84 Å². The highest BCUT2D eigenvalue weighted by molar-refractivity contribution is 5.90. The van der Waals surface area contributed by atoms with Crippen LogP contribution in [0.5, 0.6) is 5.75 Å². The van der Waals surface area contributed by atoms with E-state index in [-0.39, 0.29) is 0 Å². The van der Waals surface area contributed by atoms with Crippen molar-refractivity contribution >= 4 is 10.8 Å². The van der Waals surface area contributed by atoms with Gasteiger partial charge in [0, 0.05) is 12.2 Å². The Bertz CT molecular complexity index is 531. The van der Waals surface area contributed by atoms with E-state index in [0.717, 1.165) is 25.0 Å². The molecule has 0 bridgehead atoms. The van der Waals surface area contributed by atoms with E-state index in [2.05, 4.69) is 18.2 Å². The normalized spacial score (nSPS) is 15.8. The van der Waals surface area contributed by atoms with Gasteiger partial charge in [-0.3, -0.25) is 0 Å². The first-order chi connectivity index (χ1) is 7.86. The van der Waals surface area contributed by atoms with Crippen LogP contribution in [0, 0.1) is 0 Å². The van der Waals surface area contributed by atoms with Crippen LogP contribution in [0.3, 0.4) is 0 Å². The maximum absolute atomic E-state index is 9.90. The van der Waals surface area contributed by atoms with E-state index in [4.69, 9.17) is 4.74 Å². The van der Waals surface area contributed by atoms with Gasteiger partial charge in [0.15, 0.2) is 0 Å². The van der Waals surface area contributed by atoms with Crippen LogP contribution in [0.15, 0.2) is 30.3 Å². The number of rotatable bonds is 0. The average Bonchev–Trinajstić information content (AvgIpc) is 2.27. The smallest absolute Gasteiger partial charge is 0.121 e. The molecule has 0 saturated heterocycles. The number of ether oxygens (including phenoxy) is 1. The summed E-state index contributed by atoms with van der Waals surface area (Å²) in [5.74, 6) is 0.349. The summed E-state index contributed by atoms with van der Waals surface area (Å²) >= 11 is 0.